The van der Waals surface area contributed by atoms with E-state index in [2.05, 4.69) is 6.58 Å². The van der Waals surface area contributed by atoms with Crippen LogP contribution in [0.1, 0.15) is 20.3 Å². The molecule has 0 aromatic heterocycles. The largest absolute Gasteiger partial charge is 0.351 e. The average molecular weight is 184 g/mol. The van der Waals surface area contributed by atoms with Gasteiger partial charge in [-0.15, -0.1) is 6.58 Å². The van der Waals surface area contributed by atoms with Gasteiger partial charge in [-0.25, -0.2) is 4.79 Å². The predicted octanol–water partition coefficient (Wildman–Crippen LogP) is 1.13. The lowest BCUT2D eigenvalue weighted by Gasteiger charge is -2.17. The van der Waals surface area contributed by atoms with Crippen LogP contribution in [-0.4, -0.2) is 23.4 Å². The zero-order valence-electron chi connectivity index (χ0n) is 8.12. The number of rotatable bonds is 4. The van der Waals surface area contributed by atoms with Crippen molar-refractivity contribution in [2.24, 2.45) is 11.7 Å². The van der Waals surface area contributed by atoms with Crippen LogP contribution >= 0.6 is 0 Å². The summed E-state index contributed by atoms with van der Waals surface area (Å²) in [6, 6.07) is -0.717. The topological polar surface area (TPSA) is 63.4 Å². The lowest BCUT2D eigenvalue weighted by Crippen LogP contribution is -2.41. The van der Waals surface area contributed by atoms with Crippen molar-refractivity contribution in [3.8, 4) is 0 Å². The van der Waals surface area contributed by atoms with Crippen LogP contribution in [0.3, 0.4) is 0 Å². The summed E-state index contributed by atoms with van der Waals surface area (Å²) in [5.41, 5.74) is 5.02. The summed E-state index contributed by atoms with van der Waals surface area (Å²) in [6.45, 7) is 7.44. The number of carbonyl (C=O) groups is 2. The molecule has 13 heavy (non-hydrogen) atoms. The zero-order chi connectivity index (χ0) is 10.4. The number of nitrogens with zero attached hydrogens (tertiary/aromatic N) is 1. The second-order valence-electron chi connectivity index (χ2n) is 3.23. The average Bonchev–Trinajstić information content (AvgIpc) is 1.97. The first kappa shape index (κ1) is 11.7. The number of nitrogens with two attached hydrogens (primary N) is 1. The molecule has 0 fully saturated rings. The lowest BCUT2D eigenvalue weighted by atomic mass is 10.1. The number of carbonyl (C=O) groups excluding carboxylic acids is 2. The van der Waals surface area contributed by atoms with Crippen LogP contribution in [0.4, 0.5) is 4.79 Å². The van der Waals surface area contributed by atoms with E-state index < -0.39 is 6.03 Å². The van der Waals surface area contributed by atoms with E-state index in [1.807, 2.05) is 13.8 Å². The molecule has 4 nitrogen and oxygen atoms in total. The molecule has 0 spiro atoms. The van der Waals surface area contributed by atoms with E-state index in [0.717, 1.165) is 4.90 Å². The molecule has 74 valence electrons. The molecule has 0 saturated carbocycles. The predicted molar refractivity (Wildman–Crippen MR) is 50.9 cm³/mol. The van der Waals surface area contributed by atoms with Crippen molar-refractivity contribution in [3.05, 3.63) is 12.7 Å². The molecule has 0 bridgehead atoms. The molecule has 0 aromatic rings. The third-order valence-electron chi connectivity index (χ3n) is 1.46. The summed E-state index contributed by atoms with van der Waals surface area (Å²) in [7, 11) is 0. The highest BCUT2D eigenvalue weighted by molar-refractivity contribution is 5.93. The van der Waals surface area contributed by atoms with E-state index >= 15 is 0 Å². The molecule has 0 aliphatic carbocycles. The van der Waals surface area contributed by atoms with Crippen LogP contribution in [0.15, 0.2) is 12.7 Å². The van der Waals surface area contributed by atoms with Gasteiger partial charge in [0.2, 0.25) is 5.91 Å². The highest BCUT2D eigenvalue weighted by Crippen LogP contribution is 2.03. The number of hydrogen-bond donors (Lipinski definition) is 1. The van der Waals surface area contributed by atoms with Crippen LogP contribution in [0.2, 0.25) is 0 Å². The van der Waals surface area contributed by atoms with Gasteiger partial charge >= 0.3 is 6.03 Å². The highest BCUT2D eigenvalue weighted by atomic mass is 16.2. The fourth-order valence-electron chi connectivity index (χ4n) is 0.903. The summed E-state index contributed by atoms with van der Waals surface area (Å²) in [6.07, 6.45) is 1.81. The number of imide groups is 1. The maximum absolute atomic E-state index is 11.4. The minimum atomic E-state index is -0.717. The lowest BCUT2D eigenvalue weighted by molar-refractivity contribution is -0.128. The fraction of sp³-hybridized carbons (Fsp3) is 0.556. The van der Waals surface area contributed by atoms with Gasteiger partial charge in [-0.05, 0) is 5.92 Å². The Morgan fingerprint density at radius 3 is 2.38 bits per heavy atom. The maximum Gasteiger partial charge on any atom is 0.321 e. The van der Waals surface area contributed by atoms with E-state index in [1.165, 1.54) is 6.08 Å². The second kappa shape index (κ2) is 5.35. The normalized spacial score (nSPS) is 9.77. The number of hydrogen-bond acceptors (Lipinski definition) is 2. The molecule has 0 rings (SSSR count). The van der Waals surface area contributed by atoms with Crippen LogP contribution in [0.25, 0.3) is 0 Å². The van der Waals surface area contributed by atoms with E-state index in [0.29, 0.717) is 6.42 Å². The highest BCUT2D eigenvalue weighted by Gasteiger charge is 2.17. The van der Waals surface area contributed by atoms with Gasteiger partial charge < -0.3 is 5.73 Å². The Kier molecular flexibility index (Phi) is 4.80. The molecule has 0 aliphatic heterocycles. The van der Waals surface area contributed by atoms with Gasteiger partial charge in [0, 0.05) is 13.0 Å². The maximum atomic E-state index is 11.4. The van der Waals surface area contributed by atoms with Gasteiger partial charge in [-0.1, -0.05) is 19.9 Å². The Balaban J connectivity index is 4.28. The van der Waals surface area contributed by atoms with Crippen LogP contribution < -0.4 is 5.73 Å². The molecule has 0 unspecified atom stereocenters. The second-order valence-corrected chi connectivity index (χ2v) is 3.23. The monoisotopic (exact) mass is 184 g/mol. The van der Waals surface area contributed by atoms with Crippen molar-refractivity contribution in [1.29, 1.82) is 0 Å². The Bertz CT molecular complexity index is 212. The fourth-order valence-corrected chi connectivity index (χ4v) is 0.903. The molecule has 0 saturated heterocycles. The van der Waals surface area contributed by atoms with E-state index in [4.69, 9.17) is 5.73 Å². The standard InChI is InChI=1S/C9H16N2O2/c1-4-5-11(9(10)13)8(12)6-7(2)3/h4,7H,1,5-6H2,2-3H3,(H2,10,13). The molecular weight excluding hydrogens is 168 g/mol. The Morgan fingerprint density at radius 1 is 1.54 bits per heavy atom. The molecule has 3 amide bonds. The zero-order valence-corrected chi connectivity index (χ0v) is 8.12. The van der Waals surface area contributed by atoms with E-state index in [-0.39, 0.29) is 18.4 Å². The number of urea groups is 1. The molecule has 0 radical (unpaired) electrons. The quantitative estimate of drug-likeness (QED) is 0.665. The van der Waals surface area contributed by atoms with E-state index in [1.54, 1.807) is 0 Å². The summed E-state index contributed by atoms with van der Waals surface area (Å²) in [4.78, 5) is 23.1. The Labute approximate surface area is 78.4 Å². The number of amides is 3. The van der Waals surface area contributed by atoms with Crippen LogP contribution in [-0.2, 0) is 4.79 Å². The Hall–Kier alpha value is -1.32. The van der Waals surface area contributed by atoms with Crippen molar-refractivity contribution in [2.75, 3.05) is 6.54 Å². The van der Waals surface area contributed by atoms with Gasteiger partial charge in [0.05, 0.1) is 0 Å². The van der Waals surface area contributed by atoms with Crippen molar-refractivity contribution in [2.45, 2.75) is 20.3 Å². The molecule has 0 heterocycles. The Morgan fingerprint density at radius 2 is 2.08 bits per heavy atom. The molecule has 4 heteroatoms. The SMILES string of the molecule is C=CCN(C(N)=O)C(=O)CC(C)C. The molecule has 0 atom stereocenters. The third kappa shape index (κ3) is 4.30. The smallest absolute Gasteiger partial charge is 0.321 e. The first-order chi connectivity index (χ1) is 5.99. The van der Waals surface area contributed by atoms with Crippen LogP contribution in [0, 0.1) is 5.92 Å². The van der Waals surface area contributed by atoms with Gasteiger partial charge in [-0.3, -0.25) is 9.69 Å². The summed E-state index contributed by atoms with van der Waals surface area (Å²) < 4.78 is 0. The molecular formula is C9H16N2O2. The molecule has 0 aromatic carbocycles. The summed E-state index contributed by atoms with van der Waals surface area (Å²) in [5, 5.41) is 0. The van der Waals surface area contributed by atoms with Gasteiger partial charge in [0.1, 0.15) is 0 Å². The van der Waals surface area contributed by atoms with Gasteiger partial charge in [-0.2, -0.15) is 0 Å². The van der Waals surface area contributed by atoms with Crippen molar-refractivity contribution < 1.29 is 9.59 Å². The van der Waals surface area contributed by atoms with Crippen LogP contribution in [0.5, 0.6) is 0 Å². The third-order valence-corrected chi connectivity index (χ3v) is 1.46. The first-order valence-electron chi connectivity index (χ1n) is 4.19. The first-order valence-corrected chi connectivity index (χ1v) is 4.19. The molecule has 2 N–H and O–H groups in total. The van der Waals surface area contributed by atoms with Gasteiger partial charge in [0.25, 0.3) is 0 Å². The summed E-state index contributed by atoms with van der Waals surface area (Å²) >= 11 is 0. The van der Waals surface area contributed by atoms with Gasteiger partial charge in [0.15, 0.2) is 0 Å². The van der Waals surface area contributed by atoms with Crippen molar-refractivity contribution in [1.82, 2.24) is 4.90 Å². The minimum absolute atomic E-state index is 0.181. The van der Waals surface area contributed by atoms with Crippen molar-refractivity contribution >= 4 is 11.9 Å². The molecule has 0 aliphatic rings. The van der Waals surface area contributed by atoms with E-state index in [9.17, 15) is 9.59 Å². The minimum Gasteiger partial charge on any atom is -0.351 e. The summed E-state index contributed by atoms with van der Waals surface area (Å²) in [5.74, 6) is -0.0263. The number of primary amides is 1. The van der Waals surface area contributed by atoms with Crippen molar-refractivity contribution in [3.63, 3.8) is 0 Å².